The summed E-state index contributed by atoms with van der Waals surface area (Å²) in [5.41, 5.74) is 11.9. The molecule has 0 bridgehead atoms. The molecular weight excluding hydrogens is 974 g/mol. The predicted molar refractivity (Wildman–Crippen MR) is 294 cm³/mol. The molecule has 366 valence electrons. The Bertz CT molecular complexity index is 3150. The van der Waals surface area contributed by atoms with E-state index in [0.717, 1.165) is 101 Å². The van der Waals surface area contributed by atoms with E-state index in [9.17, 15) is 13.0 Å². The molecule has 0 radical (unpaired) electrons. The van der Waals surface area contributed by atoms with E-state index in [1.165, 1.54) is 0 Å². The van der Waals surface area contributed by atoms with Gasteiger partial charge in [-0.3, -0.25) is 0 Å². The number of anilines is 8. The maximum Gasteiger partial charge on any atom is 1.00 e. The number of fused-ring (bicyclic) bond motifs is 2. The minimum absolute atomic E-state index is 0. The van der Waals surface area contributed by atoms with Crippen LogP contribution in [0.15, 0.2) is 222 Å². The summed E-state index contributed by atoms with van der Waals surface area (Å²) in [5, 5.41) is -1.27. The Labute approximate surface area is 459 Å². The second-order valence-corrected chi connectivity index (χ2v) is 19.9. The van der Waals surface area contributed by atoms with Gasteiger partial charge in [0.15, 0.2) is 0 Å². The van der Waals surface area contributed by atoms with Crippen LogP contribution in [0.1, 0.15) is 17.2 Å². The normalized spacial score (nSPS) is 12.1. The molecule has 1 atom stereocenters. The molecule has 0 spiro atoms. The SMILES string of the molecule is COc1ccc(N(c2ccc(OC)cc2)c2ccc(-c3cccc4c3N(CCC(c3ccccc3)S(=O)(=O)[O-])c3c(cccc3-c3ccc(N(c5ccc(OC)cc5)c5ccc(OC)cc5)cc3)S4)cc2)cc1.[Na+]. The third-order valence-corrected chi connectivity index (χ3v) is 15.4. The van der Waals surface area contributed by atoms with Crippen LogP contribution >= 0.6 is 11.8 Å². The summed E-state index contributed by atoms with van der Waals surface area (Å²) >= 11 is 1.68. The minimum Gasteiger partial charge on any atom is -0.747 e. The van der Waals surface area contributed by atoms with E-state index in [2.05, 4.69) is 99.6 Å². The van der Waals surface area contributed by atoms with Crippen molar-refractivity contribution >= 4 is 67.4 Å². The van der Waals surface area contributed by atoms with Crippen LogP contribution in [0.25, 0.3) is 22.3 Å². The third kappa shape index (κ3) is 10.9. The molecule has 1 heterocycles. The molecule has 0 fully saturated rings. The molecule has 1 aliphatic heterocycles. The Morgan fingerprint density at radius 2 is 0.770 bits per heavy atom. The molecule has 10 rings (SSSR count). The average molecular weight is 1030 g/mol. The predicted octanol–water partition coefficient (Wildman–Crippen LogP) is 12.3. The summed E-state index contributed by atoms with van der Waals surface area (Å²) in [5.74, 6) is 3.04. The molecule has 0 saturated carbocycles. The number of hydrogen-bond donors (Lipinski definition) is 0. The smallest absolute Gasteiger partial charge is 0.747 e. The summed E-state index contributed by atoms with van der Waals surface area (Å²) in [4.78, 5) is 8.61. The standard InChI is InChI=1S/C61H53N3O7S2.Na/c1-68-51-32-24-47(25-33-51)63(48-26-34-52(69-2)35-27-48)45-20-16-42(17-21-45)55-12-8-14-57-60(55)62(41-40-59(73(65,66)67)44-10-6-5-7-11-44)61-56(13-9-15-58(61)72-57)43-18-22-46(23-19-43)64(49-28-36-53(70-3)37-29-49)50-30-38-54(71-4)39-31-50;/h5-39,59H,40-41H2,1-4H3,(H,65,66,67);/q;+1/p-1. The van der Waals surface area contributed by atoms with Gasteiger partial charge < -0.3 is 38.2 Å². The fourth-order valence-corrected chi connectivity index (χ4v) is 11.5. The Balaban J connectivity index is 0.00000672. The van der Waals surface area contributed by atoms with E-state index in [-0.39, 0.29) is 42.5 Å². The van der Waals surface area contributed by atoms with Crippen molar-refractivity contribution in [3.63, 3.8) is 0 Å². The Hall–Kier alpha value is -7.16. The average Bonchev–Trinajstić information content (AvgIpc) is 3.43. The van der Waals surface area contributed by atoms with Crippen molar-refractivity contribution in [3.05, 3.63) is 218 Å². The van der Waals surface area contributed by atoms with Gasteiger partial charge in [-0.1, -0.05) is 90.6 Å². The molecule has 0 N–H and O–H groups in total. The Kier molecular flexibility index (Phi) is 16.0. The van der Waals surface area contributed by atoms with E-state index in [1.54, 1.807) is 64.5 Å². The molecular formula is C61H52N3NaO7S2. The van der Waals surface area contributed by atoms with Crippen LogP contribution in [-0.2, 0) is 10.1 Å². The van der Waals surface area contributed by atoms with Gasteiger partial charge in [0, 0.05) is 61.6 Å². The number of nitrogens with zero attached hydrogens (tertiary/aromatic N) is 3. The molecule has 1 unspecified atom stereocenters. The molecule has 0 amide bonds. The van der Waals surface area contributed by atoms with Crippen molar-refractivity contribution in [1.29, 1.82) is 0 Å². The molecule has 10 nitrogen and oxygen atoms in total. The van der Waals surface area contributed by atoms with E-state index in [0.29, 0.717) is 5.56 Å². The van der Waals surface area contributed by atoms with Gasteiger partial charge in [-0.05, 0) is 157 Å². The van der Waals surface area contributed by atoms with Crippen LogP contribution in [0.5, 0.6) is 23.0 Å². The van der Waals surface area contributed by atoms with E-state index >= 15 is 0 Å². The van der Waals surface area contributed by atoms with Crippen LogP contribution in [0.2, 0.25) is 0 Å². The van der Waals surface area contributed by atoms with Gasteiger partial charge in [0.1, 0.15) is 33.1 Å². The van der Waals surface area contributed by atoms with Gasteiger partial charge in [0.05, 0.1) is 45.1 Å². The Morgan fingerprint density at radius 3 is 1.08 bits per heavy atom. The minimum atomic E-state index is -4.75. The van der Waals surface area contributed by atoms with Crippen molar-refractivity contribution in [1.82, 2.24) is 0 Å². The van der Waals surface area contributed by atoms with Gasteiger partial charge in [0.2, 0.25) is 0 Å². The van der Waals surface area contributed by atoms with Gasteiger partial charge in [-0.25, -0.2) is 8.42 Å². The first-order valence-corrected chi connectivity index (χ1v) is 26.0. The monoisotopic (exact) mass is 1030 g/mol. The molecule has 9 aromatic carbocycles. The second kappa shape index (κ2) is 22.9. The fraction of sp³-hybridized carbons (Fsp3) is 0.115. The molecule has 0 aliphatic carbocycles. The van der Waals surface area contributed by atoms with Gasteiger partial charge in [-0.2, -0.15) is 0 Å². The first kappa shape index (κ1) is 51.7. The zero-order chi connectivity index (χ0) is 50.5. The first-order valence-electron chi connectivity index (χ1n) is 23.7. The second-order valence-electron chi connectivity index (χ2n) is 17.3. The molecule has 13 heteroatoms. The maximum atomic E-state index is 13.2. The molecule has 74 heavy (non-hydrogen) atoms. The number of hydrogen-bond acceptors (Lipinski definition) is 11. The summed E-state index contributed by atoms with van der Waals surface area (Å²) in [7, 11) is 1.88. The number of methoxy groups -OCH3 is 4. The van der Waals surface area contributed by atoms with Crippen molar-refractivity contribution in [2.24, 2.45) is 0 Å². The van der Waals surface area contributed by atoms with Gasteiger partial charge in [-0.15, -0.1) is 0 Å². The van der Waals surface area contributed by atoms with Crippen LogP contribution in [-0.4, -0.2) is 48.0 Å². The molecule has 0 saturated heterocycles. The van der Waals surface area contributed by atoms with Crippen LogP contribution in [0, 0.1) is 0 Å². The summed E-state index contributed by atoms with van der Waals surface area (Å²) in [6.45, 7) is 0.233. The van der Waals surface area contributed by atoms with Crippen LogP contribution < -0.4 is 63.2 Å². The van der Waals surface area contributed by atoms with Crippen LogP contribution in [0.4, 0.5) is 45.5 Å². The zero-order valence-corrected chi connectivity index (χ0v) is 45.3. The number of ether oxygens (including phenoxy) is 4. The van der Waals surface area contributed by atoms with Crippen molar-refractivity contribution in [2.45, 2.75) is 21.5 Å². The largest absolute Gasteiger partial charge is 1.00 e. The Morgan fingerprint density at radius 1 is 0.446 bits per heavy atom. The number of para-hydroxylation sites is 2. The molecule has 0 aromatic heterocycles. The van der Waals surface area contributed by atoms with Crippen molar-refractivity contribution in [2.75, 3.05) is 49.7 Å². The van der Waals surface area contributed by atoms with Gasteiger partial charge >= 0.3 is 29.6 Å². The van der Waals surface area contributed by atoms with Gasteiger partial charge in [0.25, 0.3) is 0 Å². The summed E-state index contributed by atoms with van der Waals surface area (Å²) in [6, 6.07) is 70.2. The van der Waals surface area contributed by atoms with E-state index in [4.69, 9.17) is 18.9 Å². The molecule has 9 aromatic rings. The van der Waals surface area contributed by atoms with Crippen molar-refractivity contribution < 1.29 is 61.5 Å². The topological polar surface area (TPSA) is 104 Å². The number of benzene rings is 9. The van der Waals surface area contributed by atoms with Crippen LogP contribution in [0.3, 0.4) is 0 Å². The fourth-order valence-electron chi connectivity index (χ4n) is 9.48. The third-order valence-electron chi connectivity index (χ3n) is 13.1. The van der Waals surface area contributed by atoms with E-state index < -0.39 is 15.4 Å². The summed E-state index contributed by atoms with van der Waals surface area (Å²) in [6.07, 6.45) is 0.0529. The molecule has 1 aliphatic rings. The zero-order valence-electron chi connectivity index (χ0n) is 41.7. The maximum absolute atomic E-state index is 13.2. The van der Waals surface area contributed by atoms with E-state index in [1.807, 2.05) is 103 Å². The van der Waals surface area contributed by atoms with Crippen molar-refractivity contribution in [3.8, 4) is 45.3 Å². The number of rotatable bonds is 17. The first-order chi connectivity index (χ1) is 35.6. The quantitative estimate of drug-likeness (QED) is 0.0643. The summed E-state index contributed by atoms with van der Waals surface area (Å²) < 4.78 is 61.5.